The van der Waals surface area contributed by atoms with Crippen LogP contribution in [0.15, 0.2) is 23.1 Å². The summed E-state index contributed by atoms with van der Waals surface area (Å²) in [5.74, 6) is 0.178. The highest BCUT2D eigenvalue weighted by Gasteiger charge is 2.34. The standard InChI is InChI=1S/C15H14INO3S2/c16-11-6-9(3-4-12(11)18)7-13-14(19)17(15(21)22-13)8-10-2-1-5-20-10/h3-4,6-7,10,18H,1-2,5,8H2/b13-7-. The van der Waals surface area contributed by atoms with Crippen molar-refractivity contribution < 1.29 is 14.6 Å². The van der Waals surface area contributed by atoms with E-state index in [0.717, 1.165) is 28.6 Å². The Hall–Kier alpha value is -0.640. The Labute approximate surface area is 152 Å². The smallest absolute Gasteiger partial charge is 0.266 e. The zero-order valence-electron chi connectivity index (χ0n) is 11.6. The summed E-state index contributed by atoms with van der Waals surface area (Å²) in [6.45, 7) is 1.30. The van der Waals surface area contributed by atoms with E-state index in [1.54, 1.807) is 17.0 Å². The first-order chi connectivity index (χ1) is 10.5. The van der Waals surface area contributed by atoms with Crippen molar-refractivity contribution in [2.24, 2.45) is 0 Å². The van der Waals surface area contributed by atoms with Crippen molar-refractivity contribution in [2.45, 2.75) is 18.9 Å². The van der Waals surface area contributed by atoms with E-state index in [0.29, 0.717) is 15.8 Å². The number of phenolic OH excluding ortho intramolecular Hbond substituents is 1. The van der Waals surface area contributed by atoms with Crippen LogP contribution in [0.2, 0.25) is 0 Å². The monoisotopic (exact) mass is 447 g/mol. The molecule has 4 nitrogen and oxygen atoms in total. The van der Waals surface area contributed by atoms with Gasteiger partial charge in [-0.15, -0.1) is 0 Å². The van der Waals surface area contributed by atoms with Gasteiger partial charge in [0.1, 0.15) is 10.1 Å². The molecule has 22 heavy (non-hydrogen) atoms. The third-order valence-corrected chi connectivity index (χ3v) is 5.80. The number of amides is 1. The number of benzene rings is 1. The number of ether oxygens (including phenoxy) is 1. The lowest BCUT2D eigenvalue weighted by atomic mass is 10.2. The Morgan fingerprint density at radius 1 is 1.55 bits per heavy atom. The summed E-state index contributed by atoms with van der Waals surface area (Å²) in [4.78, 5) is 14.7. The third-order valence-electron chi connectivity index (χ3n) is 3.55. The molecule has 0 aromatic heterocycles. The summed E-state index contributed by atoms with van der Waals surface area (Å²) < 4.78 is 6.92. The van der Waals surface area contributed by atoms with Crippen LogP contribution in [0.5, 0.6) is 5.75 Å². The average molecular weight is 447 g/mol. The van der Waals surface area contributed by atoms with E-state index in [4.69, 9.17) is 17.0 Å². The Balaban J connectivity index is 1.77. The number of hydrogen-bond donors (Lipinski definition) is 1. The fourth-order valence-corrected chi connectivity index (χ4v) is 4.23. The van der Waals surface area contributed by atoms with Crippen LogP contribution in [-0.2, 0) is 9.53 Å². The third kappa shape index (κ3) is 3.47. The molecule has 1 N–H and O–H groups in total. The number of phenols is 1. The molecule has 0 radical (unpaired) electrons. The molecule has 1 unspecified atom stereocenters. The molecule has 1 atom stereocenters. The largest absolute Gasteiger partial charge is 0.507 e. The maximum atomic E-state index is 12.5. The summed E-state index contributed by atoms with van der Waals surface area (Å²) in [7, 11) is 0. The average Bonchev–Trinajstić information content (AvgIpc) is 3.08. The van der Waals surface area contributed by atoms with Gasteiger partial charge in [-0.05, 0) is 59.2 Å². The van der Waals surface area contributed by atoms with Crippen LogP contribution in [-0.4, -0.2) is 39.5 Å². The summed E-state index contributed by atoms with van der Waals surface area (Å²) in [6, 6.07) is 5.24. The molecule has 3 rings (SSSR count). The maximum Gasteiger partial charge on any atom is 0.266 e. The van der Waals surface area contributed by atoms with Crippen LogP contribution >= 0.6 is 46.6 Å². The zero-order chi connectivity index (χ0) is 15.7. The first-order valence-corrected chi connectivity index (χ1v) is 9.20. The SMILES string of the molecule is O=C1/C(=C/c2ccc(O)c(I)c2)SC(=S)N1CC1CCCO1. The van der Waals surface area contributed by atoms with Crippen molar-refractivity contribution in [3.8, 4) is 5.75 Å². The second kappa shape index (κ2) is 6.86. The lowest BCUT2D eigenvalue weighted by molar-refractivity contribution is -0.123. The molecule has 0 saturated carbocycles. The minimum Gasteiger partial charge on any atom is -0.507 e. The van der Waals surface area contributed by atoms with Crippen molar-refractivity contribution in [1.82, 2.24) is 4.90 Å². The van der Waals surface area contributed by atoms with Gasteiger partial charge in [-0.25, -0.2) is 0 Å². The molecular weight excluding hydrogens is 433 g/mol. The van der Waals surface area contributed by atoms with E-state index in [1.165, 1.54) is 11.8 Å². The predicted molar refractivity (Wildman–Crippen MR) is 99.7 cm³/mol. The highest BCUT2D eigenvalue weighted by molar-refractivity contribution is 14.1. The maximum absolute atomic E-state index is 12.5. The number of thioether (sulfide) groups is 1. The minimum atomic E-state index is -0.0615. The molecule has 2 heterocycles. The van der Waals surface area contributed by atoms with Crippen LogP contribution in [0.1, 0.15) is 18.4 Å². The fourth-order valence-electron chi connectivity index (χ4n) is 2.41. The van der Waals surface area contributed by atoms with E-state index in [9.17, 15) is 9.90 Å². The Morgan fingerprint density at radius 3 is 3.05 bits per heavy atom. The van der Waals surface area contributed by atoms with Crippen LogP contribution in [0.25, 0.3) is 6.08 Å². The molecule has 2 fully saturated rings. The number of hydrogen-bond acceptors (Lipinski definition) is 5. The molecule has 1 amide bonds. The van der Waals surface area contributed by atoms with E-state index in [1.807, 2.05) is 12.1 Å². The van der Waals surface area contributed by atoms with Gasteiger partial charge in [0.15, 0.2) is 0 Å². The molecular formula is C15H14INO3S2. The number of carbonyl (C=O) groups is 1. The normalized spacial score (nSPS) is 23.8. The summed E-state index contributed by atoms with van der Waals surface area (Å²) >= 11 is 8.70. The highest BCUT2D eigenvalue weighted by atomic mass is 127. The van der Waals surface area contributed by atoms with Crippen LogP contribution in [0.3, 0.4) is 0 Å². The van der Waals surface area contributed by atoms with Crippen LogP contribution < -0.4 is 0 Å². The molecule has 7 heteroatoms. The number of rotatable bonds is 3. The second-order valence-electron chi connectivity index (χ2n) is 5.14. The van der Waals surface area contributed by atoms with Gasteiger partial charge in [-0.2, -0.15) is 0 Å². The Bertz CT molecular complexity index is 656. The van der Waals surface area contributed by atoms with Crippen LogP contribution in [0, 0.1) is 3.57 Å². The lowest BCUT2D eigenvalue weighted by Crippen LogP contribution is -2.35. The van der Waals surface area contributed by atoms with Crippen LogP contribution in [0.4, 0.5) is 0 Å². The molecule has 116 valence electrons. The van der Waals surface area contributed by atoms with E-state index in [2.05, 4.69) is 22.6 Å². The Morgan fingerprint density at radius 2 is 2.36 bits per heavy atom. The number of carbonyl (C=O) groups excluding carboxylic acids is 1. The van der Waals surface area contributed by atoms with Gasteiger partial charge in [-0.3, -0.25) is 9.69 Å². The van der Waals surface area contributed by atoms with Crippen molar-refractivity contribution in [3.63, 3.8) is 0 Å². The van der Waals surface area contributed by atoms with Crippen molar-refractivity contribution in [3.05, 3.63) is 32.2 Å². The highest BCUT2D eigenvalue weighted by Crippen LogP contribution is 2.34. The number of thiocarbonyl (C=S) groups is 1. The summed E-state index contributed by atoms with van der Waals surface area (Å²) in [5, 5.41) is 9.56. The molecule has 1 aromatic carbocycles. The molecule has 0 aliphatic carbocycles. The van der Waals surface area contributed by atoms with Gasteiger partial charge < -0.3 is 9.84 Å². The molecule has 1 aromatic rings. The summed E-state index contributed by atoms with van der Waals surface area (Å²) in [5.41, 5.74) is 0.875. The number of halogens is 1. The molecule has 2 aliphatic heterocycles. The quantitative estimate of drug-likeness (QED) is 0.438. The zero-order valence-corrected chi connectivity index (χ0v) is 15.4. The molecule has 2 saturated heterocycles. The number of aromatic hydroxyl groups is 1. The molecule has 2 aliphatic rings. The van der Waals surface area contributed by atoms with Crippen molar-refractivity contribution in [1.29, 1.82) is 0 Å². The minimum absolute atomic E-state index is 0.0615. The molecule has 0 spiro atoms. The first kappa shape index (κ1) is 16.2. The van der Waals surface area contributed by atoms with Gasteiger partial charge in [0, 0.05) is 6.61 Å². The Kier molecular flexibility index (Phi) is 5.06. The summed E-state index contributed by atoms with van der Waals surface area (Å²) in [6.07, 6.45) is 3.93. The van der Waals surface area contributed by atoms with Gasteiger partial charge >= 0.3 is 0 Å². The predicted octanol–water partition coefficient (Wildman–Crippen LogP) is 3.38. The van der Waals surface area contributed by atoms with E-state index in [-0.39, 0.29) is 17.8 Å². The van der Waals surface area contributed by atoms with E-state index >= 15 is 0 Å². The van der Waals surface area contributed by atoms with Gasteiger partial charge in [0.05, 0.1) is 21.1 Å². The van der Waals surface area contributed by atoms with Crippen molar-refractivity contribution in [2.75, 3.05) is 13.2 Å². The van der Waals surface area contributed by atoms with E-state index < -0.39 is 0 Å². The van der Waals surface area contributed by atoms with Gasteiger partial charge in [-0.1, -0.05) is 30.0 Å². The lowest BCUT2D eigenvalue weighted by Gasteiger charge is -2.18. The topological polar surface area (TPSA) is 49.8 Å². The van der Waals surface area contributed by atoms with Gasteiger partial charge in [0.2, 0.25) is 0 Å². The number of nitrogens with zero attached hydrogens (tertiary/aromatic N) is 1. The first-order valence-electron chi connectivity index (χ1n) is 6.90. The second-order valence-corrected chi connectivity index (χ2v) is 7.98. The fraction of sp³-hybridized carbons (Fsp3) is 0.333. The molecule has 0 bridgehead atoms. The van der Waals surface area contributed by atoms with Gasteiger partial charge in [0.25, 0.3) is 5.91 Å². The van der Waals surface area contributed by atoms with Crippen molar-refractivity contribution >= 4 is 62.9 Å².